The van der Waals surface area contributed by atoms with Crippen molar-refractivity contribution in [1.29, 1.82) is 0 Å². The summed E-state index contributed by atoms with van der Waals surface area (Å²) in [6, 6.07) is -0.167. The van der Waals surface area contributed by atoms with Crippen molar-refractivity contribution in [2.75, 3.05) is 0 Å². The lowest BCUT2D eigenvalue weighted by molar-refractivity contribution is 0.232. The van der Waals surface area contributed by atoms with E-state index < -0.39 is 0 Å². The lowest BCUT2D eigenvalue weighted by Gasteiger charge is -2.18. The van der Waals surface area contributed by atoms with Crippen molar-refractivity contribution in [3.63, 3.8) is 0 Å². The summed E-state index contributed by atoms with van der Waals surface area (Å²) in [4.78, 5) is 21.4. The average Bonchev–Trinajstić information content (AvgIpc) is 3.45. The van der Waals surface area contributed by atoms with Crippen LogP contribution in [0.15, 0.2) is 17.0 Å². The minimum Gasteiger partial charge on any atom is -0.330 e. The second-order valence-corrected chi connectivity index (χ2v) is 8.23. The number of nitrogens with zero attached hydrogens (tertiary/aromatic N) is 2. The van der Waals surface area contributed by atoms with Gasteiger partial charge < -0.3 is 10.6 Å². The molecule has 7 heteroatoms. The molecule has 0 saturated heterocycles. The first kappa shape index (κ1) is 15.1. The van der Waals surface area contributed by atoms with Crippen molar-refractivity contribution in [3.8, 4) is 0 Å². The monoisotopic (exact) mass is 348 g/mol. The Kier molecular flexibility index (Phi) is 4.07. The Hall–Kier alpha value is -1.47. The van der Waals surface area contributed by atoms with Crippen LogP contribution in [0.3, 0.4) is 0 Å². The fraction of sp³-hybridized carbons (Fsp3) is 0.562. The third-order valence-corrected chi connectivity index (χ3v) is 6.24. The van der Waals surface area contributed by atoms with Gasteiger partial charge in [-0.05, 0) is 38.5 Å². The number of hydrogen-bond donors (Lipinski definition) is 2. The van der Waals surface area contributed by atoms with Gasteiger partial charge in [-0.2, -0.15) is 0 Å². The lowest BCUT2D eigenvalue weighted by Crippen LogP contribution is -2.40. The van der Waals surface area contributed by atoms with E-state index in [1.54, 1.807) is 28.9 Å². The molecule has 0 spiro atoms. The number of carbonyl (C=O) groups excluding carboxylic acids is 1. The van der Waals surface area contributed by atoms with Crippen LogP contribution in [0.25, 0.3) is 0 Å². The summed E-state index contributed by atoms with van der Waals surface area (Å²) >= 11 is 3.32. The maximum atomic E-state index is 12.3. The first-order valence-corrected chi connectivity index (χ1v) is 9.88. The Morgan fingerprint density at radius 1 is 1.26 bits per heavy atom. The molecule has 0 radical (unpaired) electrons. The standard InChI is InChI=1S/C16H20N4OS2/c1-9(12-8-23-14(19-12)11-4-5-11)18-16(21)20-13(10-2-3-10)15-17-6-7-22-15/h6-11,13H,2-5H2,1H3,(H2,18,20,21). The molecule has 0 aliphatic heterocycles. The molecule has 0 bridgehead atoms. The van der Waals surface area contributed by atoms with E-state index in [0.717, 1.165) is 23.5 Å². The third kappa shape index (κ3) is 3.55. The van der Waals surface area contributed by atoms with Crippen LogP contribution in [-0.2, 0) is 0 Å². The van der Waals surface area contributed by atoms with Gasteiger partial charge >= 0.3 is 6.03 Å². The molecule has 2 aliphatic rings. The molecule has 2 saturated carbocycles. The first-order chi connectivity index (χ1) is 11.2. The largest absolute Gasteiger partial charge is 0.330 e. The summed E-state index contributed by atoms with van der Waals surface area (Å²) in [5.41, 5.74) is 0.962. The molecule has 2 aliphatic carbocycles. The van der Waals surface area contributed by atoms with Gasteiger partial charge in [0.2, 0.25) is 0 Å². The molecule has 4 rings (SSSR count). The second kappa shape index (κ2) is 6.20. The molecule has 23 heavy (non-hydrogen) atoms. The Morgan fingerprint density at radius 2 is 2.09 bits per heavy atom. The van der Waals surface area contributed by atoms with Gasteiger partial charge in [0.25, 0.3) is 0 Å². The van der Waals surface area contributed by atoms with Gasteiger partial charge in [-0.25, -0.2) is 14.8 Å². The summed E-state index contributed by atoms with van der Waals surface area (Å²) in [5, 5.41) is 12.4. The van der Waals surface area contributed by atoms with Gasteiger partial charge in [0.1, 0.15) is 5.01 Å². The van der Waals surface area contributed by atoms with E-state index in [-0.39, 0.29) is 18.1 Å². The van der Waals surface area contributed by atoms with E-state index in [4.69, 9.17) is 0 Å². The molecule has 122 valence electrons. The zero-order chi connectivity index (χ0) is 15.8. The quantitative estimate of drug-likeness (QED) is 0.829. The topological polar surface area (TPSA) is 66.9 Å². The van der Waals surface area contributed by atoms with E-state index >= 15 is 0 Å². The van der Waals surface area contributed by atoms with Crippen LogP contribution in [0.2, 0.25) is 0 Å². The van der Waals surface area contributed by atoms with Crippen LogP contribution in [0.4, 0.5) is 4.79 Å². The lowest BCUT2D eigenvalue weighted by atomic mass is 10.2. The molecule has 5 nitrogen and oxygen atoms in total. The number of urea groups is 1. The second-order valence-electron chi connectivity index (χ2n) is 6.41. The van der Waals surface area contributed by atoms with Crippen molar-refractivity contribution in [2.45, 2.75) is 50.6 Å². The normalized spacial score (nSPS) is 20.0. The van der Waals surface area contributed by atoms with Crippen molar-refractivity contribution in [3.05, 3.63) is 32.7 Å². The number of carbonyl (C=O) groups is 1. The van der Waals surface area contributed by atoms with Crippen molar-refractivity contribution < 1.29 is 4.79 Å². The molecule has 2 atom stereocenters. The third-order valence-electron chi connectivity index (χ3n) is 4.36. The molecule has 2 amide bonds. The van der Waals surface area contributed by atoms with Crippen molar-refractivity contribution in [2.24, 2.45) is 5.92 Å². The van der Waals surface area contributed by atoms with Crippen molar-refractivity contribution in [1.82, 2.24) is 20.6 Å². The maximum absolute atomic E-state index is 12.3. The Balaban J connectivity index is 1.36. The van der Waals surface area contributed by atoms with E-state index in [9.17, 15) is 4.79 Å². The summed E-state index contributed by atoms with van der Waals surface area (Å²) in [6.45, 7) is 1.99. The highest BCUT2D eigenvalue weighted by Gasteiger charge is 2.35. The number of thiazole rings is 2. The maximum Gasteiger partial charge on any atom is 0.315 e. The number of hydrogen-bond acceptors (Lipinski definition) is 5. The van der Waals surface area contributed by atoms with Crippen LogP contribution in [0.5, 0.6) is 0 Å². The van der Waals surface area contributed by atoms with Crippen LogP contribution < -0.4 is 10.6 Å². The predicted molar refractivity (Wildman–Crippen MR) is 91.8 cm³/mol. The number of nitrogens with one attached hydrogen (secondary N) is 2. The van der Waals surface area contributed by atoms with Gasteiger partial charge in [0, 0.05) is 22.9 Å². The van der Waals surface area contributed by atoms with Crippen LogP contribution in [0, 0.1) is 5.92 Å². The molecule has 0 aromatic carbocycles. The van der Waals surface area contributed by atoms with Crippen LogP contribution >= 0.6 is 22.7 Å². The van der Waals surface area contributed by atoms with Gasteiger partial charge in [-0.1, -0.05) is 0 Å². The minimum absolute atomic E-state index is 0.0414. The van der Waals surface area contributed by atoms with Crippen LogP contribution in [0.1, 0.15) is 66.3 Å². The zero-order valence-corrected chi connectivity index (χ0v) is 14.6. The Bertz CT molecular complexity index is 676. The van der Waals surface area contributed by atoms with E-state index in [1.807, 2.05) is 12.3 Å². The van der Waals surface area contributed by atoms with Crippen LogP contribution in [-0.4, -0.2) is 16.0 Å². The highest BCUT2D eigenvalue weighted by atomic mass is 32.1. The van der Waals surface area contributed by atoms with E-state index in [1.165, 1.54) is 17.8 Å². The van der Waals surface area contributed by atoms with E-state index in [0.29, 0.717) is 11.8 Å². The smallest absolute Gasteiger partial charge is 0.315 e. The Labute approximate surface area is 143 Å². The predicted octanol–water partition coefficient (Wildman–Crippen LogP) is 3.99. The molecule has 2 fully saturated rings. The summed E-state index contributed by atoms with van der Waals surface area (Å²) in [6.07, 6.45) is 6.64. The molecule has 2 aromatic heterocycles. The fourth-order valence-electron chi connectivity index (χ4n) is 2.67. The number of aromatic nitrogens is 2. The number of amides is 2. The molecule has 2 N–H and O–H groups in total. The van der Waals surface area contributed by atoms with Crippen molar-refractivity contribution >= 4 is 28.7 Å². The summed E-state index contributed by atoms with van der Waals surface area (Å²) < 4.78 is 0. The van der Waals surface area contributed by atoms with Gasteiger partial charge in [-0.15, -0.1) is 22.7 Å². The van der Waals surface area contributed by atoms with E-state index in [2.05, 4.69) is 26.0 Å². The molecule has 2 aromatic rings. The summed E-state index contributed by atoms with van der Waals surface area (Å²) in [5.74, 6) is 1.20. The summed E-state index contributed by atoms with van der Waals surface area (Å²) in [7, 11) is 0. The number of rotatable bonds is 6. The van der Waals surface area contributed by atoms with Gasteiger partial charge in [0.15, 0.2) is 0 Å². The highest BCUT2D eigenvalue weighted by molar-refractivity contribution is 7.10. The molecule has 2 heterocycles. The van der Waals surface area contributed by atoms with Gasteiger partial charge in [-0.3, -0.25) is 0 Å². The first-order valence-electron chi connectivity index (χ1n) is 8.12. The SMILES string of the molecule is CC(NC(=O)NC(c1nccs1)C1CC1)c1csc(C2CC2)n1. The highest BCUT2D eigenvalue weighted by Crippen LogP contribution is 2.42. The zero-order valence-electron chi connectivity index (χ0n) is 13.0. The molecular weight excluding hydrogens is 328 g/mol. The average molecular weight is 348 g/mol. The Morgan fingerprint density at radius 3 is 2.74 bits per heavy atom. The molecule has 2 unspecified atom stereocenters. The minimum atomic E-state index is -0.134. The fourth-order valence-corrected chi connectivity index (χ4v) is 4.54. The molecular formula is C16H20N4OS2. The van der Waals surface area contributed by atoms with Gasteiger partial charge in [0.05, 0.1) is 22.8 Å².